The zero-order chi connectivity index (χ0) is 15.9. The van der Waals surface area contributed by atoms with E-state index in [4.69, 9.17) is 9.84 Å². The maximum absolute atomic E-state index is 6.29. The third-order valence-electron chi connectivity index (χ3n) is 4.50. The number of pyridine rings is 1. The van der Waals surface area contributed by atoms with Gasteiger partial charge in [-0.25, -0.2) is 5.01 Å². The van der Waals surface area contributed by atoms with Crippen LogP contribution in [0.25, 0.3) is 0 Å². The molecular weight excluding hydrogens is 318 g/mol. The number of para-hydroxylation sites is 1. The highest BCUT2D eigenvalue weighted by Crippen LogP contribution is 2.47. The predicted octanol–water partition coefficient (Wildman–Crippen LogP) is 4.39. The molecule has 4 heterocycles. The van der Waals surface area contributed by atoms with Crippen LogP contribution in [-0.2, 0) is 0 Å². The molecule has 0 amide bonds. The van der Waals surface area contributed by atoms with Gasteiger partial charge >= 0.3 is 0 Å². The van der Waals surface area contributed by atoms with E-state index >= 15 is 0 Å². The third kappa shape index (κ3) is 2.12. The van der Waals surface area contributed by atoms with Crippen LogP contribution in [0, 0.1) is 0 Å². The SMILES string of the molecule is c1csc(C2=NN3[C@@H](c4ccncc4)Oc4ccccc4[C@@H]3C2)c1. The van der Waals surface area contributed by atoms with Gasteiger partial charge in [0.25, 0.3) is 0 Å². The summed E-state index contributed by atoms with van der Waals surface area (Å²) in [5.41, 5.74) is 3.41. The maximum atomic E-state index is 6.29. The zero-order valence-electron chi connectivity index (χ0n) is 12.9. The fourth-order valence-corrected chi connectivity index (χ4v) is 4.09. The highest BCUT2D eigenvalue weighted by atomic mass is 32.1. The molecule has 4 nitrogen and oxygen atoms in total. The summed E-state index contributed by atoms with van der Waals surface area (Å²) in [6.45, 7) is 0. The highest BCUT2D eigenvalue weighted by molar-refractivity contribution is 7.12. The van der Waals surface area contributed by atoms with Gasteiger partial charge in [-0.3, -0.25) is 4.98 Å². The van der Waals surface area contributed by atoms with Gasteiger partial charge in [0.2, 0.25) is 6.23 Å². The molecule has 2 atom stereocenters. The second-order valence-corrected chi connectivity index (χ2v) is 6.86. The Labute approximate surface area is 144 Å². The van der Waals surface area contributed by atoms with E-state index in [0.717, 1.165) is 23.4 Å². The molecular formula is C19H15N3OS. The first-order valence-electron chi connectivity index (χ1n) is 7.95. The Balaban J connectivity index is 1.62. The minimum Gasteiger partial charge on any atom is -0.464 e. The number of hydrogen-bond donors (Lipinski definition) is 0. The number of aromatic nitrogens is 1. The Morgan fingerprint density at radius 1 is 1.04 bits per heavy atom. The van der Waals surface area contributed by atoms with Gasteiger partial charge in [-0.15, -0.1) is 11.3 Å². The average molecular weight is 333 g/mol. The lowest BCUT2D eigenvalue weighted by atomic mass is 9.98. The Bertz CT molecular complexity index is 892. The molecule has 5 rings (SSSR count). The molecule has 3 aromatic rings. The maximum Gasteiger partial charge on any atom is 0.213 e. The van der Waals surface area contributed by atoms with E-state index in [1.807, 2.05) is 24.3 Å². The molecule has 5 heteroatoms. The molecule has 0 spiro atoms. The summed E-state index contributed by atoms with van der Waals surface area (Å²) in [4.78, 5) is 5.35. The van der Waals surface area contributed by atoms with Gasteiger partial charge in [0.05, 0.1) is 16.6 Å². The summed E-state index contributed by atoms with van der Waals surface area (Å²) in [6.07, 6.45) is 4.29. The van der Waals surface area contributed by atoms with Crippen LogP contribution in [0.4, 0.5) is 0 Å². The van der Waals surface area contributed by atoms with Crippen molar-refractivity contribution >= 4 is 17.0 Å². The van der Waals surface area contributed by atoms with Gasteiger partial charge < -0.3 is 4.74 Å². The summed E-state index contributed by atoms with van der Waals surface area (Å²) >= 11 is 1.74. The van der Waals surface area contributed by atoms with E-state index in [-0.39, 0.29) is 12.3 Å². The van der Waals surface area contributed by atoms with Crippen LogP contribution in [-0.4, -0.2) is 15.7 Å². The largest absolute Gasteiger partial charge is 0.464 e. The van der Waals surface area contributed by atoms with E-state index < -0.39 is 0 Å². The Morgan fingerprint density at radius 2 is 1.92 bits per heavy atom. The lowest BCUT2D eigenvalue weighted by molar-refractivity contribution is -0.0190. The van der Waals surface area contributed by atoms with Crippen molar-refractivity contribution in [2.75, 3.05) is 0 Å². The van der Waals surface area contributed by atoms with Crippen LogP contribution in [0.1, 0.15) is 34.7 Å². The molecule has 0 aliphatic carbocycles. The fourth-order valence-electron chi connectivity index (χ4n) is 3.37. The van der Waals surface area contributed by atoms with E-state index in [0.29, 0.717) is 0 Å². The first-order valence-corrected chi connectivity index (χ1v) is 8.83. The molecule has 2 aliphatic heterocycles. The van der Waals surface area contributed by atoms with E-state index in [2.05, 4.69) is 39.6 Å². The van der Waals surface area contributed by atoms with Crippen LogP contribution in [0.5, 0.6) is 5.75 Å². The Kier molecular flexibility index (Phi) is 3.13. The normalized spacial score (nSPS) is 21.7. The summed E-state index contributed by atoms with van der Waals surface area (Å²) in [5, 5.41) is 9.13. The molecule has 0 saturated heterocycles. The van der Waals surface area contributed by atoms with Crippen LogP contribution < -0.4 is 4.74 Å². The second kappa shape index (κ2) is 5.46. The molecule has 2 aliphatic rings. The van der Waals surface area contributed by atoms with Crippen molar-refractivity contribution in [3.63, 3.8) is 0 Å². The van der Waals surface area contributed by atoms with Crippen molar-refractivity contribution in [2.24, 2.45) is 5.10 Å². The van der Waals surface area contributed by atoms with Crippen molar-refractivity contribution in [2.45, 2.75) is 18.7 Å². The molecule has 0 fully saturated rings. The molecule has 1 aromatic carbocycles. The van der Waals surface area contributed by atoms with Crippen LogP contribution in [0.2, 0.25) is 0 Å². The van der Waals surface area contributed by atoms with Crippen LogP contribution in [0.3, 0.4) is 0 Å². The van der Waals surface area contributed by atoms with E-state index in [9.17, 15) is 0 Å². The predicted molar refractivity (Wildman–Crippen MR) is 94.1 cm³/mol. The van der Waals surface area contributed by atoms with Gasteiger partial charge in [0.15, 0.2) is 0 Å². The minimum atomic E-state index is -0.217. The van der Waals surface area contributed by atoms with Gasteiger partial charge in [0.1, 0.15) is 5.75 Å². The molecule has 0 unspecified atom stereocenters. The minimum absolute atomic E-state index is 0.213. The number of ether oxygens (including phenoxy) is 1. The Hall–Kier alpha value is -2.66. The van der Waals surface area contributed by atoms with Gasteiger partial charge in [-0.05, 0) is 29.6 Å². The monoisotopic (exact) mass is 333 g/mol. The first-order chi connectivity index (χ1) is 11.9. The quantitative estimate of drug-likeness (QED) is 0.698. The van der Waals surface area contributed by atoms with Gasteiger partial charge in [-0.1, -0.05) is 24.3 Å². The van der Waals surface area contributed by atoms with Crippen molar-refractivity contribution in [1.29, 1.82) is 0 Å². The fraction of sp³-hybridized carbons (Fsp3) is 0.158. The summed E-state index contributed by atoms with van der Waals surface area (Å²) in [5.74, 6) is 0.947. The molecule has 0 bridgehead atoms. The molecule has 0 saturated carbocycles. The number of hydrogen-bond acceptors (Lipinski definition) is 5. The number of thiophene rings is 1. The van der Waals surface area contributed by atoms with Crippen molar-refractivity contribution < 1.29 is 4.74 Å². The Morgan fingerprint density at radius 3 is 2.75 bits per heavy atom. The highest BCUT2D eigenvalue weighted by Gasteiger charge is 2.40. The summed E-state index contributed by atoms with van der Waals surface area (Å²) in [6, 6.07) is 16.7. The topological polar surface area (TPSA) is 37.7 Å². The number of benzene rings is 1. The van der Waals surface area contributed by atoms with E-state index in [1.165, 1.54) is 10.4 Å². The van der Waals surface area contributed by atoms with Crippen LogP contribution in [0.15, 0.2) is 71.4 Å². The number of nitrogens with zero attached hydrogens (tertiary/aromatic N) is 3. The zero-order valence-corrected chi connectivity index (χ0v) is 13.7. The number of rotatable bonds is 2. The van der Waals surface area contributed by atoms with Crippen molar-refractivity contribution in [3.05, 3.63) is 82.3 Å². The average Bonchev–Trinajstić information content (AvgIpc) is 3.31. The van der Waals surface area contributed by atoms with Crippen molar-refractivity contribution in [1.82, 2.24) is 9.99 Å². The second-order valence-electron chi connectivity index (χ2n) is 5.91. The summed E-state index contributed by atoms with van der Waals surface area (Å²) < 4.78 is 6.29. The summed E-state index contributed by atoms with van der Waals surface area (Å²) in [7, 11) is 0. The molecule has 0 radical (unpaired) electrons. The van der Waals surface area contributed by atoms with Gasteiger partial charge in [0, 0.05) is 29.9 Å². The standard InChI is InChI=1S/C19H15N3OS/c1-2-5-17-14(4-1)16-12-15(18-6-3-11-24-18)21-22(16)19(23-17)13-7-9-20-10-8-13/h1-11,16,19H,12H2/t16-,19+/m0/s1. The third-order valence-corrected chi connectivity index (χ3v) is 5.41. The molecule has 24 heavy (non-hydrogen) atoms. The smallest absolute Gasteiger partial charge is 0.213 e. The molecule has 118 valence electrons. The molecule has 0 N–H and O–H groups in total. The molecule has 2 aromatic heterocycles. The van der Waals surface area contributed by atoms with Crippen LogP contribution >= 0.6 is 11.3 Å². The number of hydrazone groups is 1. The van der Waals surface area contributed by atoms with Crippen molar-refractivity contribution in [3.8, 4) is 5.75 Å². The van der Waals surface area contributed by atoms with Gasteiger partial charge in [-0.2, -0.15) is 5.10 Å². The lowest BCUT2D eigenvalue weighted by Crippen LogP contribution is -2.33. The number of fused-ring (bicyclic) bond motifs is 3. The van der Waals surface area contributed by atoms with E-state index in [1.54, 1.807) is 23.7 Å². The lowest BCUT2D eigenvalue weighted by Gasteiger charge is -2.38. The first kappa shape index (κ1) is 13.7.